The highest BCUT2D eigenvalue weighted by molar-refractivity contribution is 7.14. The molecule has 0 radical (unpaired) electrons. The summed E-state index contributed by atoms with van der Waals surface area (Å²) in [5.41, 5.74) is 7.09. The van der Waals surface area contributed by atoms with Gasteiger partial charge in [-0.05, 0) is 27.7 Å². The van der Waals surface area contributed by atoms with E-state index < -0.39 is 5.97 Å². The Morgan fingerprint density at radius 3 is 2.58 bits per heavy atom. The summed E-state index contributed by atoms with van der Waals surface area (Å²) in [4.78, 5) is 21.5. The van der Waals surface area contributed by atoms with E-state index in [1.165, 1.54) is 11.3 Å². The molecule has 0 bridgehead atoms. The number of carbonyl (C=O) groups excluding carboxylic acids is 1. The lowest BCUT2D eigenvalue weighted by Crippen LogP contribution is -2.09. The van der Waals surface area contributed by atoms with Gasteiger partial charge in [0.25, 0.3) is 0 Å². The average molecular weight is 280 g/mol. The first-order chi connectivity index (χ1) is 8.95. The second-order valence-corrected chi connectivity index (χ2v) is 5.27. The van der Waals surface area contributed by atoms with Crippen LogP contribution in [0.15, 0.2) is 0 Å². The number of nitrogens with zero attached hydrogens (tertiary/aromatic N) is 3. The Labute approximate surface area is 115 Å². The third-order valence-electron chi connectivity index (χ3n) is 2.76. The van der Waals surface area contributed by atoms with Crippen molar-refractivity contribution >= 4 is 23.1 Å². The molecule has 2 aromatic rings. The summed E-state index contributed by atoms with van der Waals surface area (Å²) < 4.78 is 6.61. The van der Waals surface area contributed by atoms with Crippen LogP contribution in [-0.2, 0) is 4.74 Å². The van der Waals surface area contributed by atoms with Gasteiger partial charge in [0.15, 0.2) is 10.8 Å². The van der Waals surface area contributed by atoms with Crippen molar-refractivity contribution in [2.45, 2.75) is 27.7 Å². The summed E-state index contributed by atoms with van der Waals surface area (Å²) in [6.45, 7) is 7.74. The van der Waals surface area contributed by atoms with E-state index >= 15 is 0 Å². The molecule has 2 heterocycles. The zero-order chi connectivity index (χ0) is 14.2. The maximum absolute atomic E-state index is 11.7. The SMILES string of the molecule is CCOC(=O)c1nc(C)n(-c2nc(C)c(C)s2)c1N. The van der Waals surface area contributed by atoms with Gasteiger partial charge in [-0.25, -0.2) is 14.8 Å². The Morgan fingerprint density at radius 1 is 1.37 bits per heavy atom. The van der Waals surface area contributed by atoms with Gasteiger partial charge in [0.1, 0.15) is 11.6 Å². The molecular weight excluding hydrogens is 264 g/mol. The second-order valence-electron chi connectivity index (χ2n) is 4.09. The molecule has 2 rings (SSSR count). The first kappa shape index (κ1) is 13.5. The molecule has 0 fully saturated rings. The van der Waals surface area contributed by atoms with Gasteiger partial charge >= 0.3 is 5.97 Å². The summed E-state index contributed by atoms with van der Waals surface area (Å²) in [6.07, 6.45) is 0. The number of thiazole rings is 1. The molecule has 0 aliphatic rings. The summed E-state index contributed by atoms with van der Waals surface area (Å²) in [7, 11) is 0. The third kappa shape index (κ3) is 2.33. The summed E-state index contributed by atoms with van der Waals surface area (Å²) in [5.74, 6) is 0.380. The molecule has 0 saturated heterocycles. The molecule has 0 spiro atoms. The molecule has 7 heteroatoms. The van der Waals surface area contributed by atoms with Crippen molar-refractivity contribution < 1.29 is 9.53 Å². The number of aromatic nitrogens is 3. The fourth-order valence-electron chi connectivity index (χ4n) is 1.69. The van der Waals surface area contributed by atoms with E-state index in [4.69, 9.17) is 10.5 Å². The maximum atomic E-state index is 11.7. The van der Waals surface area contributed by atoms with Crippen LogP contribution in [-0.4, -0.2) is 27.1 Å². The Bertz CT molecular complexity index is 610. The first-order valence-electron chi connectivity index (χ1n) is 5.92. The van der Waals surface area contributed by atoms with Gasteiger partial charge in [-0.3, -0.25) is 4.57 Å². The van der Waals surface area contributed by atoms with E-state index in [1.54, 1.807) is 18.4 Å². The predicted octanol–water partition coefficient (Wildman–Crippen LogP) is 2.01. The fourth-order valence-corrected chi connectivity index (χ4v) is 2.66. The van der Waals surface area contributed by atoms with E-state index in [2.05, 4.69) is 9.97 Å². The van der Waals surface area contributed by atoms with Crippen LogP contribution >= 0.6 is 11.3 Å². The highest BCUT2D eigenvalue weighted by Gasteiger charge is 2.22. The van der Waals surface area contributed by atoms with Crippen molar-refractivity contribution in [1.82, 2.24) is 14.5 Å². The predicted molar refractivity (Wildman–Crippen MR) is 73.8 cm³/mol. The second kappa shape index (κ2) is 5.00. The van der Waals surface area contributed by atoms with Crippen LogP contribution in [0.2, 0.25) is 0 Å². The summed E-state index contributed by atoms with van der Waals surface area (Å²) in [6, 6.07) is 0. The number of aryl methyl sites for hydroxylation is 3. The molecule has 19 heavy (non-hydrogen) atoms. The topological polar surface area (TPSA) is 83.0 Å². The van der Waals surface area contributed by atoms with Crippen molar-refractivity contribution in [2.24, 2.45) is 0 Å². The fraction of sp³-hybridized carbons (Fsp3) is 0.417. The number of carbonyl (C=O) groups is 1. The summed E-state index contributed by atoms with van der Waals surface area (Å²) >= 11 is 1.51. The number of esters is 1. The van der Waals surface area contributed by atoms with Crippen LogP contribution in [0.3, 0.4) is 0 Å². The minimum absolute atomic E-state index is 0.143. The molecule has 2 N–H and O–H groups in total. The van der Waals surface area contributed by atoms with Gasteiger partial charge in [-0.2, -0.15) is 0 Å². The molecule has 0 unspecified atom stereocenters. The molecule has 2 aromatic heterocycles. The minimum atomic E-state index is -0.508. The van der Waals surface area contributed by atoms with Crippen molar-refractivity contribution in [3.8, 4) is 5.13 Å². The number of hydrogen-bond acceptors (Lipinski definition) is 6. The minimum Gasteiger partial charge on any atom is -0.461 e. The molecule has 0 aliphatic heterocycles. The number of nitrogens with two attached hydrogens (primary N) is 1. The Hall–Kier alpha value is -1.89. The van der Waals surface area contributed by atoms with Gasteiger partial charge < -0.3 is 10.5 Å². The lowest BCUT2D eigenvalue weighted by atomic mass is 10.4. The highest BCUT2D eigenvalue weighted by Crippen LogP contribution is 2.26. The van der Waals surface area contributed by atoms with Crippen LogP contribution in [0.4, 0.5) is 5.82 Å². The molecule has 102 valence electrons. The zero-order valence-corrected chi connectivity index (χ0v) is 12.2. The Balaban J connectivity index is 2.50. The number of hydrogen-bond donors (Lipinski definition) is 1. The Morgan fingerprint density at radius 2 is 2.05 bits per heavy atom. The molecule has 0 atom stereocenters. The van der Waals surface area contributed by atoms with E-state index in [9.17, 15) is 4.79 Å². The smallest absolute Gasteiger partial charge is 0.360 e. The highest BCUT2D eigenvalue weighted by atomic mass is 32.1. The van der Waals surface area contributed by atoms with Gasteiger partial charge in [0.05, 0.1) is 12.3 Å². The molecule has 0 saturated carbocycles. The molecule has 0 aliphatic carbocycles. The van der Waals surface area contributed by atoms with Crippen LogP contribution in [0, 0.1) is 20.8 Å². The lowest BCUT2D eigenvalue weighted by molar-refractivity contribution is 0.0521. The van der Waals surface area contributed by atoms with Gasteiger partial charge in [-0.15, -0.1) is 11.3 Å². The molecule has 6 nitrogen and oxygen atoms in total. The van der Waals surface area contributed by atoms with E-state index in [-0.39, 0.29) is 11.5 Å². The normalized spacial score (nSPS) is 10.7. The number of ether oxygens (including phenoxy) is 1. The molecule has 0 amide bonds. The van der Waals surface area contributed by atoms with E-state index in [0.29, 0.717) is 17.6 Å². The zero-order valence-electron chi connectivity index (χ0n) is 11.4. The maximum Gasteiger partial charge on any atom is 0.360 e. The van der Waals surface area contributed by atoms with Gasteiger partial charge in [0.2, 0.25) is 0 Å². The van der Waals surface area contributed by atoms with Crippen molar-refractivity contribution in [2.75, 3.05) is 12.3 Å². The van der Waals surface area contributed by atoms with Crippen molar-refractivity contribution in [3.05, 3.63) is 22.1 Å². The van der Waals surface area contributed by atoms with Crippen LogP contribution in [0.25, 0.3) is 5.13 Å². The van der Waals surface area contributed by atoms with E-state index in [0.717, 1.165) is 10.6 Å². The monoisotopic (exact) mass is 280 g/mol. The molecule has 0 aromatic carbocycles. The summed E-state index contributed by atoms with van der Waals surface area (Å²) in [5, 5.41) is 0.716. The molecular formula is C12H16N4O2S. The van der Waals surface area contributed by atoms with Crippen LogP contribution < -0.4 is 5.73 Å². The van der Waals surface area contributed by atoms with Crippen molar-refractivity contribution in [3.63, 3.8) is 0 Å². The number of anilines is 1. The quantitative estimate of drug-likeness (QED) is 0.870. The van der Waals surface area contributed by atoms with E-state index in [1.807, 2.05) is 13.8 Å². The van der Waals surface area contributed by atoms with Gasteiger partial charge in [-0.1, -0.05) is 0 Å². The Kier molecular flexibility index (Phi) is 3.57. The van der Waals surface area contributed by atoms with Crippen LogP contribution in [0.1, 0.15) is 33.8 Å². The van der Waals surface area contributed by atoms with Gasteiger partial charge in [0, 0.05) is 4.88 Å². The average Bonchev–Trinajstić information content (AvgIpc) is 2.80. The first-order valence-corrected chi connectivity index (χ1v) is 6.73. The lowest BCUT2D eigenvalue weighted by Gasteiger charge is -2.03. The number of nitrogen functional groups attached to an aromatic ring is 1. The largest absolute Gasteiger partial charge is 0.461 e. The van der Waals surface area contributed by atoms with Crippen molar-refractivity contribution in [1.29, 1.82) is 0 Å². The standard InChI is InChI=1S/C12H16N4O2S/c1-5-18-11(17)9-10(13)16(8(4)15-9)12-14-6(2)7(3)19-12/h5,13H2,1-4H3. The third-order valence-corrected chi connectivity index (χ3v) is 3.82. The number of imidazole rings is 1. The van der Waals surface area contributed by atoms with Crippen LogP contribution in [0.5, 0.6) is 0 Å². The number of rotatable bonds is 3.